The lowest BCUT2D eigenvalue weighted by molar-refractivity contribution is 0.719. The maximum atomic E-state index is 5.97. The van der Waals surface area contributed by atoms with Crippen LogP contribution in [0.15, 0.2) is 6.07 Å². The summed E-state index contributed by atoms with van der Waals surface area (Å²) in [6, 6.07) is 2.40. The minimum Gasteiger partial charge on any atom is -0.355 e. The van der Waals surface area contributed by atoms with Gasteiger partial charge < -0.3 is 10.6 Å². The molecule has 1 aromatic rings. The molecule has 0 aliphatic carbocycles. The summed E-state index contributed by atoms with van der Waals surface area (Å²) in [5.41, 5.74) is 7.10. The molecule has 4 heteroatoms. The van der Waals surface area contributed by atoms with E-state index in [1.165, 1.54) is 0 Å². The molecule has 0 aromatic carbocycles. The minimum absolute atomic E-state index is 0.282. The fraction of sp³-hybridized carbons (Fsp3) is 0.714. The molecule has 0 amide bonds. The first-order valence-electron chi connectivity index (χ1n) is 6.86. The van der Waals surface area contributed by atoms with E-state index in [0.717, 1.165) is 36.8 Å². The van der Waals surface area contributed by atoms with Crippen molar-refractivity contribution in [2.24, 2.45) is 5.73 Å². The Morgan fingerprint density at radius 3 is 2.44 bits per heavy atom. The number of rotatable bonds is 3. The third-order valence-corrected chi connectivity index (χ3v) is 3.41. The van der Waals surface area contributed by atoms with Crippen molar-refractivity contribution in [3.63, 3.8) is 0 Å². The van der Waals surface area contributed by atoms with E-state index < -0.39 is 0 Å². The van der Waals surface area contributed by atoms with Crippen molar-refractivity contribution in [1.29, 1.82) is 0 Å². The van der Waals surface area contributed by atoms with Gasteiger partial charge in [0.2, 0.25) is 0 Å². The first-order valence-corrected chi connectivity index (χ1v) is 6.86. The predicted octanol–water partition coefficient (Wildman–Crippen LogP) is 2.26. The number of nitrogens with zero attached hydrogens (tertiary/aromatic N) is 3. The van der Waals surface area contributed by atoms with Crippen LogP contribution in [0.4, 0.5) is 5.82 Å². The molecule has 2 rings (SSSR count). The summed E-state index contributed by atoms with van der Waals surface area (Å²) in [6.07, 6.45) is 1.05. The van der Waals surface area contributed by atoms with Gasteiger partial charge in [0.1, 0.15) is 11.6 Å². The summed E-state index contributed by atoms with van der Waals surface area (Å²) in [5.74, 6) is 2.78. The second-order valence-electron chi connectivity index (χ2n) is 5.81. The minimum atomic E-state index is 0.282. The fourth-order valence-electron chi connectivity index (χ4n) is 2.18. The maximum absolute atomic E-state index is 5.97. The molecular weight excluding hydrogens is 224 g/mol. The van der Waals surface area contributed by atoms with Crippen LogP contribution in [0, 0.1) is 0 Å². The van der Waals surface area contributed by atoms with Crippen LogP contribution in [-0.4, -0.2) is 29.1 Å². The molecule has 18 heavy (non-hydrogen) atoms. The maximum Gasteiger partial charge on any atom is 0.133 e. The fourth-order valence-corrected chi connectivity index (χ4v) is 2.18. The highest BCUT2D eigenvalue weighted by Crippen LogP contribution is 2.24. The van der Waals surface area contributed by atoms with Crippen molar-refractivity contribution in [3.05, 3.63) is 17.6 Å². The van der Waals surface area contributed by atoms with Gasteiger partial charge in [-0.1, -0.05) is 27.7 Å². The summed E-state index contributed by atoms with van der Waals surface area (Å²) in [6.45, 7) is 10.5. The van der Waals surface area contributed by atoms with Crippen LogP contribution < -0.4 is 10.6 Å². The smallest absolute Gasteiger partial charge is 0.133 e. The third-order valence-electron chi connectivity index (χ3n) is 3.41. The Balaban J connectivity index is 2.34. The molecule has 2 N–H and O–H groups in total. The summed E-state index contributed by atoms with van der Waals surface area (Å²) < 4.78 is 0. The highest BCUT2D eigenvalue weighted by Gasteiger charge is 2.22. The Hall–Kier alpha value is -1.16. The number of nitrogens with two attached hydrogens (primary N) is 1. The van der Waals surface area contributed by atoms with Gasteiger partial charge in [0.05, 0.1) is 0 Å². The molecule has 0 saturated carbocycles. The normalized spacial score (nSPS) is 20.2. The Kier molecular flexibility index (Phi) is 3.85. The quantitative estimate of drug-likeness (QED) is 0.891. The molecule has 0 bridgehead atoms. The van der Waals surface area contributed by atoms with Crippen LogP contribution >= 0.6 is 0 Å². The van der Waals surface area contributed by atoms with Crippen molar-refractivity contribution < 1.29 is 0 Å². The van der Waals surface area contributed by atoms with E-state index in [-0.39, 0.29) is 6.04 Å². The summed E-state index contributed by atoms with van der Waals surface area (Å²) >= 11 is 0. The van der Waals surface area contributed by atoms with Gasteiger partial charge in [-0.15, -0.1) is 0 Å². The zero-order valence-electron chi connectivity index (χ0n) is 11.8. The van der Waals surface area contributed by atoms with Crippen molar-refractivity contribution in [2.45, 2.75) is 52.0 Å². The Morgan fingerprint density at radius 2 is 1.94 bits per heavy atom. The molecule has 0 radical (unpaired) electrons. The van der Waals surface area contributed by atoms with E-state index in [2.05, 4.69) is 43.6 Å². The van der Waals surface area contributed by atoms with Gasteiger partial charge in [-0.25, -0.2) is 9.97 Å². The molecule has 1 atom stereocenters. The highest BCUT2D eigenvalue weighted by atomic mass is 15.2. The first kappa shape index (κ1) is 13.3. The number of anilines is 1. The van der Waals surface area contributed by atoms with E-state index in [9.17, 15) is 0 Å². The molecular formula is C14H24N4. The average Bonchev–Trinajstić information content (AvgIpc) is 2.75. The Labute approximate surface area is 110 Å². The van der Waals surface area contributed by atoms with Gasteiger partial charge in [-0.05, 0) is 12.3 Å². The van der Waals surface area contributed by atoms with Crippen LogP contribution in [0.2, 0.25) is 0 Å². The van der Waals surface area contributed by atoms with Crippen molar-refractivity contribution in [2.75, 3.05) is 18.0 Å². The van der Waals surface area contributed by atoms with Gasteiger partial charge in [-0.2, -0.15) is 0 Å². The van der Waals surface area contributed by atoms with E-state index in [1.807, 2.05) is 0 Å². The molecule has 1 aliphatic heterocycles. The van der Waals surface area contributed by atoms with Gasteiger partial charge in [0, 0.05) is 36.8 Å². The SMILES string of the molecule is CC(C)c1cc(N2CCC(N)C2)nc(C(C)C)n1. The molecule has 100 valence electrons. The molecule has 4 nitrogen and oxygen atoms in total. The van der Waals surface area contributed by atoms with E-state index in [0.29, 0.717) is 11.8 Å². The first-order chi connectivity index (χ1) is 8.47. The second kappa shape index (κ2) is 5.22. The second-order valence-corrected chi connectivity index (χ2v) is 5.81. The molecule has 0 spiro atoms. The molecule has 1 aromatic heterocycles. The predicted molar refractivity (Wildman–Crippen MR) is 75.0 cm³/mol. The van der Waals surface area contributed by atoms with E-state index in [4.69, 9.17) is 10.7 Å². The van der Waals surface area contributed by atoms with Crippen LogP contribution in [0.1, 0.15) is 57.5 Å². The standard InChI is InChI=1S/C14H24N4/c1-9(2)12-7-13(17-14(16-12)10(3)4)18-6-5-11(15)8-18/h7,9-11H,5-6,8,15H2,1-4H3. The molecule has 1 saturated heterocycles. The number of aromatic nitrogens is 2. The summed E-state index contributed by atoms with van der Waals surface area (Å²) in [5, 5.41) is 0. The highest BCUT2D eigenvalue weighted by molar-refractivity contribution is 5.42. The van der Waals surface area contributed by atoms with Crippen LogP contribution in [0.25, 0.3) is 0 Å². The van der Waals surface area contributed by atoms with E-state index in [1.54, 1.807) is 0 Å². The lowest BCUT2D eigenvalue weighted by atomic mass is 10.1. The third kappa shape index (κ3) is 2.80. The number of hydrogen-bond donors (Lipinski definition) is 1. The van der Waals surface area contributed by atoms with Gasteiger partial charge in [-0.3, -0.25) is 0 Å². The van der Waals surface area contributed by atoms with Crippen molar-refractivity contribution >= 4 is 5.82 Å². The molecule has 1 unspecified atom stereocenters. The van der Waals surface area contributed by atoms with E-state index >= 15 is 0 Å². The summed E-state index contributed by atoms with van der Waals surface area (Å²) in [4.78, 5) is 11.6. The van der Waals surface area contributed by atoms with Gasteiger partial charge in [0.15, 0.2) is 0 Å². The van der Waals surface area contributed by atoms with Crippen molar-refractivity contribution in [3.8, 4) is 0 Å². The molecule has 1 fully saturated rings. The lowest BCUT2D eigenvalue weighted by Crippen LogP contribution is -2.27. The van der Waals surface area contributed by atoms with Gasteiger partial charge in [0.25, 0.3) is 0 Å². The molecule has 1 aliphatic rings. The Morgan fingerprint density at radius 1 is 1.22 bits per heavy atom. The lowest BCUT2D eigenvalue weighted by Gasteiger charge is -2.20. The van der Waals surface area contributed by atoms with Crippen LogP contribution in [0.5, 0.6) is 0 Å². The molecule has 2 heterocycles. The van der Waals surface area contributed by atoms with Crippen LogP contribution in [0.3, 0.4) is 0 Å². The average molecular weight is 248 g/mol. The monoisotopic (exact) mass is 248 g/mol. The van der Waals surface area contributed by atoms with Gasteiger partial charge >= 0.3 is 0 Å². The number of hydrogen-bond acceptors (Lipinski definition) is 4. The topological polar surface area (TPSA) is 55.0 Å². The van der Waals surface area contributed by atoms with Crippen molar-refractivity contribution in [1.82, 2.24) is 9.97 Å². The largest absolute Gasteiger partial charge is 0.355 e. The zero-order valence-corrected chi connectivity index (χ0v) is 11.8. The van der Waals surface area contributed by atoms with Crippen LogP contribution in [-0.2, 0) is 0 Å². The Bertz CT molecular complexity index is 388. The zero-order chi connectivity index (χ0) is 13.3. The summed E-state index contributed by atoms with van der Waals surface area (Å²) in [7, 11) is 0.